The van der Waals surface area contributed by atoms with Gasteiger partial charge in [-0.15, -0.1) is 6.58 Å². The van der Waals surface area contributed by atoms with Crippen LogP contribution in [0.2, 0.25) is 0 Å². The molecule has 0 bridgehead atoms. The Morgan fingerprint density at radius 1 is 1.08 bits per heavy atom. The number of fused-ring (bicyclic) bond motifs is 4. The summed E-state index contributed by atoms with van der Waals surface area (Å²) in [5.74, 6) is 1.03. The maximum absolute atomic E-state index is 11.4. The highest BCUT2D eigenvalue weighted by atomic mass is 16.5. The van der Waals surface area contributed by atoms with E-state index in [-0.39, 0.29) is 17.8 Å². The van der Waals surface area contributed by atoms with E-state index in [2.05, 4.69) is 42.8 Å². The first-order valence-electron chi connectivity index (χ1n) is 13.6. The zero-order chi connectivity index (χ0) is 26.4. The molecular weight excluding hydrogens is 476 g/mol. The zero-order valence-electron chi connectivity index (χ0n) is 22.1. The number of carboxylic acid groups (broad SMARTS) is 1. The number of aliphatic carboxylic acids is 1. The topological polar surface area (TPSA) is 81.5 Å². The molecule has 6 heteroatoms. The molecule has 0 aliphatic heterocycles. The Kier molecular flexibility index (Phi) is 6.42. The van der Waals surface area contributed by atoms with Gasteiger partial charge in [0.1, 0.15) is 6.61 Å². The zero-order valence-corrected chi connectivity index (χ0v) is 22.1. The van der Waals surface area contributed by atoms with Gasteiger partial charge in [-0.3, -0.25) is 4.79 Å². The van der Waals surface area contributed by atoms with E-state index in [4.69, 9.17) is 14.5 Å². The van der Waals surface area contributed by atoms with Crippen molar-refractivity contribution in [3.8, 4) is 11.8 Å². The van der Waals surface area contributed by atoms with Gasteiger partial charge in [0.05, 0.1) is 12.5 Å². The Morgan fingerprint density at radius 2 is 1.95 bits per heavy atom. The van der Waals surface area contributed by atoms with E-state index in [9.17, 15) is 9.90 Å². The van der Waals surface area contributed by atoms with Gasteiger partial charge >= 0.3 is 5.97 Å². The molecule has 1 aromatic carbocycles. The van der Waals surface area contributed by atoms with Gasteiger partial charge in [0.25, 0.3) is 0 Å². The first kappa shape index (κ1) is 24.7. The number of ether oxygens (including phenoxy) is 2. The first-order valence-corrected chi connectivity index (χ1v) is 13.6. The second-order valence-corrected chi connectivity index (χ2v) is 11.1. The Hall–Kier alpha value is -3.67. The van der Waals surface area contributed by atoms with Crippen LogP contribution in [0.3, 0.4) is 0 Å². The fourth-order valence-electron chi connectivity index (χ4n) is 6.43. The van der Waals surface area contributed by atoms with Crippen LogP contribution in [0.25, 0.3) is 0 Å². The predicted molar refractivity (Wildman–Crippen MR) is 145 cm³/mol. The third-order valence-corrected chi connectivity index (χ3v) is 8.43. The number of pyridine rings is 2. The lowest BCUT2D eigenvalue weighted by Gasteiger charge is -2.27. The standard InChI is InChI=1S/C32H34N2O4/c1-18(2)11-12-37-28-10-9-23(19(3)34-28)24-6-4-5-21-8-7-20(13-25(21)24)17-38-29-15-22-14-26-30(27(22)16-33-29)31(26)32(35)36/h7-10,13,15-16,24,26,30-31H,1,4-6,11-12,14,17H2,2-3H3,(H,35,36)/t24?,26-,30-,31+/m1/s1. The molecule has 3 aliphatic rings. The molecule has 0 amide bonds. The Bertz CT molecular complexity index is 1410. The molecule has 3 aromatic rings. The smallest absolute Gasteiger partial charge is 0.307 e. The molecule has 196 valence electrons. The summed E-state index contributed by atoms with van der Waals surface area (Å²) in [6, 6.07) is 12.9. The fourth-order valence-corrected chi connectivity index (χ4v) is 6.43. The van der Waals surface area contributed by atoms with E-state index in [1.165, 1.54) is 22.3 Å². The Balaban J connectivity index is 1.15. The molecule has 4 atom stereocenters. The number of carboxylic acids is 1. The van der Waals surface area contributed by atoms with E-state index in [0.29, 0.717) is 30.9 Å². The number of aryl methyl sites for hydroxylation is 2. The van der Waals surface area contributed by atoms with Crippen molar-refractivity contribution in [1.29, 1.82) is 0 Å². The summed E-state index contributed by atoms with van der Waals surface area (Å²) < 4.78 is 11.9. The lowest BCUT2D eigenvalue weighted by Crippen LogP contribution is -2.14. The van der Waals surface area contributed by atoms with Crippen molar-refractivity contribution in [3.05, 3.63) is 93.8 Å². The lowest BCUT2D eigenvalue weighted by atomic mass is 9.78. The highest BCUT2D eigenvalue weighted by Crippen LogP contribution is 2.61. The van der Waals surface area contributed by atoms with Crippen LogP contribution >= 0.6 is 0 Å². The number of hydrogen-bond donors (Lipinski definition) is 1. The van der Waals surface area contributed by atoms with Gasteiger partial charge in [-0.1, -0.05) is 29.8 Å². The lowest BCUT2D eigenvalue weighted by molar-refractivity contribution is -0.139. The van der Waals surface area contributed by atoms with Gasteiger partial charge in [-0.25, -0.2) is 9.97 Å². The second-order valence-electron chi connectivity index (χ2n) is 11.1. The van der Waals surface area contributed by atoms with Crippen LogP contribution < -0.4 is 9.47 Å². The summed E-state index contributed by atoms with van der Waals surface area (Å²) in [5.41, 5.74) is 9.53. The third-order valence-electron chi connectivity index (χ3n) is 8.43. The molecule has 1 saturated carbocycles. The molecule has 0 saturated heterocycles. The van der Waals surface area contributed by atoms with Crippen molar-refractivity contribution in [1.82, 2.24) is 9.97 Å². The SMILES string of the molecule is C=C(C)CCOc1ccc(C2CCCc3ccc(COc4cc5c(cn4)[C@H]4[C@@H](C5)[C@@H]4C(=O)O)cc32)c(C)n1. The van der Waals surface area contributed by atoms with Crippen LogP contribution in [0.4, 0.5) is 0 Å². The van der Waals surface area contributed by atoms with Crippen molar-refractivity contribution in [2.75, 3.05) is 6.61 Å². The average molecular weight is 511 g/mol. The second kappa shape index (κ2) is 9.90. The minimum Gasteiger partial charge on any atom is -0.481 e. The predicted octanol–water partition coefficient (Wildman–Crippen LogP) is 6.15. The summed E-state index contributed by atoms with van der Waals surface area (Å²) in [6.45, 7) is 9.06. The molecule has 2 heterocycles. The first-order chi connectivity index (χ1) is 18.4. The van der Waals surface area contributed by atoms with Gasteiger partial charge in [0, 0.05) is 42.3 Å². The molecule has 0 spiro atoms. The highest BCUT2D eigenvalue weighted by Gasteiger charge is 2.59. The minimum atomic E-state index is -0.689. The van der Waals surface area contributed by atoms with Crippen LogP contribution in [-0.2, 0) is 24.2 Å². The van der Waals surface area contributed by atoms with E-state index < -0.39 is 5.97 Å². The van der Waals surface area contributed by atoms with Gasteiger partial charge in [-0.2, -0.15) is 0 Å². The number of carbonyl (C=O) groups is 1. The van der Waals surface area contributed by atoms with Crippen LogP contribution in [-0.4, -0.2) is 27.7 Å². The molecule has 1 unspecified atom stereocenters. The molecule has 6 nitrogen and oxygen atoms in total. The molecule has 1 N–H and O–H groups in total. The minimum absolute atomic E-state index is 0.136. The largest absolute Gasteiger partial charge is 0.481 e. The highest BCUT2D eigenvalue weighted by molar-refractivity contribution is 5.77. The van der Waals surface area contributed by atoms with Crippen LogP contribution in [0.1, 0.15) is 77.1 Å². The summed E-state index contributed by atoms with van der Waals surface area (Å²) in [6.07, 6.45) is 6.81. The monoisotopic (exact) mass is 510 g/mol. The Labute approximate surface area is 223 Å². The van der Waals surface area contributed by atoms with Gasteiger partial charge in [0.15, 0.2) is 0 Å². The molecule has 38 heavy (non-hydrogen) atoms. The van der Waals surface area contributed by atoms with E-state index in [1.807, 2.05) is 25.3 Å². The van der Waals surface area contributed by atoms with E-state index in [1.54, 1.807) is 0 Å². The van der Waals surface area contributed by atoms with E-state index >= 15 is 0 Å². The molecule has 2 aromatic heterocycles. The van der Waals surface area contributed by atoms with Gasteiger partial charge in [0.2, 0.25) is 11.8 Å². The number of nitrogens with zero attached hydrogens (tertiary/aromatic N) is 2. The van der Waals surface area contributed by atoms with Crippen molar-refractivity contribution in [3.63, 3.8) is 0 Å². The van der Waals surface area contributed by atoms with Gasteiger partial charge < -0.3 is 14.6 Å². The van der Waals surface area contributed by atoms with Crippen molar-refractivity contribution < 1.29 is 19.4 Å². The summed E-state index contributed by atoms with van der Waals surface area (Å²) >= 11 is 0. The van der Waals surface area contributed by atoms with Crippen LogP contribution in [0.15, 0.2) is 54.7 Å². The summed E-state index contributed by atoms with van der Waals surface area (Å²) in [7, 11) is 0. The number of aromatic nitrogens is 2. The molecule has 3 aliphatic carbocycles. The summed E-state index contributed by atoms with van der Waals surface area (Å²) in [5, 5.41) is 9.34. The summed E-state index contributed by atoms with van der Waals surface area (Å²) in [4.78, 5) is 20.6. The number of rotatable bonds is 9. The van der Waals surface area contributed by atoms with Gasteiger partial charge in [-0.05, 0) is 78.8 Å². The van der Waals surface area contributed by atoms with Crippen molar-refractivity contribution in [2.45, 2.75) is 64.4 Å². The fraction of sp³-hybridized carbons (Fsp3) is 0.406. The molecular formula is C32H34N2O4. The molecule has 6 rings (SSSR count). The van der Waals surface area contributed by atoms with Crippen LogP contribution in [0, 0.1) is 18.8 Å². The third kappa shape index (κ3) is 4.68. The van der Waals surface area contributed by atoms with E-state index in [0.717, 1.165) is 54.5 Å². The number of benzene rings is 1. The van der Waals surface area contributed by atoms with Crippen molar-refractivity contribution in [2.24, 2.45) is 11.8 Å². The molecule has 0 radical (unpaired) electrons. The Morgan fingerprint density at radius 3 is 2.74 bits per heavy atom. The van der Waals surface area contributed by atoms with Crippen LogP contribution in [0.5, 0.6) is 11.8 Å². The maximum Gasteiger partial charge on any atom is 0.307 e. The van der Waals surface area contributed by atoms with Crippen molar-refractivity contribution >= 4 is 5.97 Å². The quantitative estimate of drug-likeness (QED) is 0.348. The number of hydrogen-bond acceptors (Lipinski definition) is 5. The maximum atomic E-state index is 11.4. The normalized spacial score (nSPS) is 22.7. The molecule has 1 fully saturated rings. The average Bonchev–Trinajstić information content (AvgIpc) is 3.49.